The van der Waals surface area contributed by atoms with Crippen LogP contribution in [0.4, 0.5) is 17.1 Å². The summed E-state index contributed by atoms with van der Waals surface area (Å²) in [6, 6.07) is 79.5. The highest BCUT2D eigenvalue weighted by Gasteiger charge is 2.38. The smallest absolute Gasteiger partial charge is 0.165 e. The Kier molecular flexibility index (Phi) is 7.92. The zero-order valence-electron chi connectivity index (χ0n) is 35.6. The monoisotopic (exact) mass is 818 g/mol. The highest BCUT2D eigenvalue weighted by atomic mass is 15.2. The van der Waals surface area contributed by atoms with Crippen molar-refractivity contribution in [3.8, 4) is 39.1 Å². The van der Waals surface area contributed by atoms with Gasteiger partial charge in [-0.3, -0.25) is 8.97 Å². The lowest BCUT2D eigenvalue weighted by Gasteiger charge is -2.30. The molecule has 1 aliphatic rings. The molecule has 13 rings (SSSR count). The predicted octanol–water partition coefficient (Wildman–Crippen LogP) is 15.8. The number of para-hydroxylation sites is 3. The van der Waals surface area contributed by atoms with Gasteiger partial charge in [-0.1, -0.05) is 178 Å². The van der Waals surface area contributed by atoms with Gasteiger partial charge >= 0.3 is 0 Å². The Hall–Kier alpha value is -8.21. The second-order valence-corrected chi connectivity index (χ2v) is 17.5. The van der Waals surface area contributed by atoms with Crippen molar-refractivity contribution in [2.45, 2.75) is 19.3 Å². The van der Waals surface area contributed by atoms with E-state index in [0.717, 1.165) is 66.8 Å². The molecule has 0 N–H and O–H groups in total. The van der Waals surface area contributed by atoms with E-state index >= 15 is 0 Å². The molecule has 64 heavy (non-hydrogen) atoms. The average Bonchev–Trinajstić information content (AvgIpc) is 3.98. The summed E-state index contributed by atoms with van der Waals surface area (Å²) in [5.41, 5.74) is 19.6. The standard InChI is InChI=1S/C60H42N4/c1-60(2)50-27-14-11-26-48(50)56-51(60)28-17-31-55(56)62(52-29-15-12-22-44(52)40-18-5-3-6-19-40)43-35-32-39(33-36-43)41-34-37-54-49(38-41)57-59(63(54)42-20-7-4-8-21-42)61-58-47-25-10-9-23-45(47)46-24-13-16-30-53(46)64(57)58/h3-38H,1-2H3. The number of nitrogens with zero attached hydrogens (tertiary/aromatic N) is 4. The lowest BCUT2D eigenvalue weighted by Crippen LogP contribution is -2.16. The highest BCUT2D eigenvalue weighted by Crippen LogP contribution is 2.55. The van der Waals surface area contributed by atoms with Crippen LogP contribution >= 0.6 is 0 Å². The van der Waals surface area contributed by atoms with Crippen LogP contribution in [-0.4, -0.2) is 14.0 Å². The summed E-state index contributed by atoms with van der Waals surface area (Å²) >= 11 is 0. The molecule has 0 fully saturated rings. The first-order chi connectivity index (χ1) is 31.5. The van der Waals surface area contributed by atoms with Gasteiger partial charge in [-0.25, -0.2) is 4.98 Å². The molecule has 9 aromatic carbocycles. The second-order valence-electron chi connectivity index (χ2n) is 17.5. The van der Waals surface area contributed by atoms with Crippen LogP contribution in [0.3, 0.4) is 0 Å². The predicted molar refractivity (Wildman–Crippen MR) is 268 cm³/mol. The van der Waals surface area contributed by atoms with Crippen molar-refractivity contribution in [2.24, 2.45) is 0 Å². The minimum Gasteiger partial charge on any atom is -0.309 e. The second kappa shape index (κ2) is 13.9. The lowest BCUT2D eigenvalue weighted by molar-refractivity contribution is 0.660. The van der Waals surface area contributed by atoms with E-state index in [1.807, 2.05) is 0 Å². The Bertz CT molecular complexity index is 3800. The van der Waals surface area contributed by atoms with Gasteiger partial charge in [-0.15, -0.1) is 0 Å². The summed E-state index contributed by atoms with van der Waals surface area (Å²) in [5, 5.41) is 4.73. The number of hydrogen-bond donors (Lipinski definition) is 0. The molecule has 0 amide bonds. The van der Waals surface area contributed by atoms with E-state index in [-0.39, 0.29) is 5.41 Å². The fourth-order valence-electron chi connectivity index (χ4n) is 10.7. The zero-order valence-corrected chi connectivity index (χ0v) is 35.6. The molecule has 302 valence electrons. The third-order valence-corrected chi connectivity index (χ3v) is 13.7. The molecule has 12 aromatic rings. The number of benzene rings is 9. The first-order valence-electron chi connectivity index (χ1n) is 22.1. The van der Waals surface area contributed by atoms with E-state index < -0.39 is 0 Å². The minimum atomic E-state index is -0.125. The molecule has 0 bridgehead atoms. The third-order valence-electron chi connectivity index (χ3n) is 13.7. The molecule has 3 aromatic heterocycles. The van der Waals surface area contributed by atoms with Crippen molar-refractivity contribution in [2.75, 3.05) is 4.90 Å². The van der Waals surface area contributed by atoms with E-state index in [4.69, 9.17) is 4.98 Å². The van der Waals surface area contributed by atoms with Gasteiger partial charge < -0.3 is 4.90 Å². The van der Waals surface area contributed by atoms with Crippen LogP contribution in [0.2, 0.25) is 0 Å². The first-order valence-corrected chi connectivity index (χ1v) is 22.1. The normalized spacial score (nSPS) is 13.0. The van der Waals surface area contributed by atoms with E-state index in [1.165, 1.54) is 49.8 Å². The summed E-state index contributed by atoms with van der Waals surface area (Å²) in [4.78, 5) is 7.97. The summed E-state index contributed by atoms with van der Waals surface area (Å²) in [6.07, 6.45) is 0. The van der Waals surface area contributed by atoms with Crippen molar-refractivity contribution in [3.05, 3.63) is 230 Å². The number of aromatic nitrogens is 3. The fourth-order valence-corrected chi connectivity index (χ4v) is 10.7. The van der Waals surface area contributed by atoms with Crippen molar-refractivity contribution >= 4 is 66.5 Å². The van der Waals surface area contributed by atoms with Crippen LogP contribution in [0.15, 0.2) is 218 Å². The zero-order chi connectivity index (χ0) is 42.5. The van der Waals surface area contributed by atoms with E-state index in [2.05, 4.69) is 246 Å². The van der Waals surface area contributed by atoms with Gasteiger partial charge in [-0.2, -0.15) is 0 Å². The first kappa shape index (κ1) is 36.4. The number of hydrogen-bond acceptors (Lipinski definition) is 2. The quantitative estimate of drug-likeness (QED) is 0.156. The van der Waals surface area contributed by atoms with Gasteiger partial charge in [0.15, 0.2) is 5.65 Å². The Morgan fingerprint density at radius 2 is 1.05 bits per heavy atom. The van der Waals surface area contributed by atoms with Crippen LogP contribution in [0.5, 0.6) is 0 Å². The van der Waals surface area contributed by atoms with Gasteiger partial charge in [0.1, 0.15) is 11.2 Å². The van der Waals surface area contributed by atoms with Crippen LogP contribution in [0.1, 0.15) is 25.0 Å². The molecular weight excluding hydrogens is 777 g/mol. The van der Waals surface area contributed by atoms with Gasteiger partial charge in [0.25, 0.3) is 0 Å². The van der Waals surface area contributed by atoms with Gasteiger partial charge in [0, 0.05) is 44.1 Å². The molecule has 1 aliphatic carbocycles. The number of rotatable bonds is 6. The molecule has 4 heteroatoms. The third kappa shape index (κ3) is 5.26. The largest absolute Gasteiger partial charge is 0.309 e. The molecule has 4 nitrogen and oxygen atoms in total. The Balaban J connectivity index is 1.02. The Morgan fingerprint density at radius 3 is 1.86 bits per heavy atom. The number of anilines is 3. The van der Waals surface area contributed by atoms with E-state index in [0.29, 0.717) is 0 Å². The molecule has 3 heterocycles. The Morgan fingerprint density at radius 1 is 0.422 bits per heavy atom. The molecule has 0 saturated heterocycles. The number of fused-ring (bicyclic) bond motifs is 13. The molecule has 0 spiro atoms. The summed E-state index contributed by atoms with van der Waals surface area (Å²) in [7, 11) is 0. The van der Waals surface area contributed by atoms with E-state index in [1.54, 1.807) is 0 Å². The molecule has 0 atom stereocenters. The topological polar surface area (TPSA) is 25.5 Å². The van der Waals surface area contributed by atoms with Gasteiger partial charge in [0.2, 0.25) is 0 Å². The molecule has 0 saturated carbocycles. The van der Waals surface area contributed by atoms with Crippen LogP contribution < -0.4 is 4.90 Å². The van der Waals surface area contributed by atoms with Gasteiger partial charge in [-0.05, 0) is 93.4 Å². The average molecular weight is 819 g/mol. The van der Waals surface area contributed by atoms with Crippen molar-refractivity contribution < 1.29 is 0 Å². The Labute approximate surface area is 371 Å². The maximum Gasteiger partial charge on any atom is 0.165 e. The number of pyridine rings is 1. The SMILES string of the molecule is CC1(C)c2ccccc2-c2c(N(c3ccc(-c4ccc5c(c4)c4c(nc6c7ccccc7c7ccccc7n64)n5-c4ccccc4)cc3)c3ccccc3-c3ccccc3)cccc21. The minimum absolute atomic E-state index is 0.125. The van der Waals surface area contributed by atoms with Crippen molar-refractivity contribution in [1.82, 2.24) is 14.0 Å². The highest BCUT2D eigenvalue weighted by molar-refractivity contribution is 6.17. The summed E-state index contributed by atoms with van der Waals surface area (Å²) in [6.45, 7) is 4.71. The lowest BCUT2D eigenvalue weighted by atomic mass is 9.82. The van der Waals surface area contributed by atoms with Crippen LogP contribution in [0, 0.1) is 0 Å². The summed E-state index contributed by atoms with van der Waals surface area (Å²) < 4.78 is 4.72. The number of imidazole rings is 1. The summed E-state index contributed by atoms with van der Waals surface area (Å²) in [5.74, 6) is 0. The fraction of sp³-hybridized carbons (Fsp3) is 0.0500. The van der Waals surface area contributed by atoms with E-state index in [9.17, 15) is 0 Å². The van der Waals surface area contributed by atoms with Crippen molar-refractivity contribution in [1.29, 1.82) is 0 Å². The van der Waals surface area contributed by atoms with Crippen molar-refractivity contribution in [3.63, 3.8) is 0 Å². The van der Waals surface area contributed by atoms with Crippen LogP contribution in [-0.2, 0) is 5.41 Å². The molecule has 0 unspecified atom stereocenters. The molecule has 0 aliphatic heterocycles. The van der Waals surface area contributed by atoms with Gasteiger partial charge in [0.05, 0.1) is 22.4 Å². The molecular formula is C60H42N4. The maximum absolute atomic E-state index is 5.50. The van der Waals surface area contributed by atoms with Crippen LogP contribution in [0.25, 0.3) is 88.5 Å². The molecule has 0 radical (unpaired) electrons. The maximum atomic E-state index is 5.50.